The molecule has 3 rings (SSSR count). The lowest BCUT2D eigenvalue weighted by atomic mass is 10.1. The summed E-state index contributed by atoms with van der Waals surface area (Å²) in [6.45, 7) is 3.94. The Morgan fingerprint density at radius 1 is 0.907 bits per heavy atom. The summed E-state index contributed by atoms with van der Waals surface area (Å²) in [6, 6.07) is 12.8. The van der Waals surface area contributed by atoms with E-state index < -0.39 is 40.2 Å². The highest BCUT2D eigenvalue weighted by molar-refractivity contribution is 7.92. The standard InChI is InChI=1S/C30H35ClFN3O7S/c1-19(2)33-30(37)20(3)34(17-21-9-7-8-10-24(21)32)29(36)18-35(25-15-22(31)11-13-26(25)40-4)43(38,39)23-12-14-27(41-5)28(16-23)42-6/h7-16,19-20H,17-18H2,1-6H3,(H,33,37)/t20-/m0/s1. The van der Waals surface area contributed by atoms with Gasteiger partial charge in [-0.2, -0.15) is 0 Å². The summed E-state index contributed by atoms with van der Waals surface area (Å²) in [5.74, 6) is -1.29. The molecule has 0 aromatic heterocycles. The number of rotatable bonds is 13. The van der Waals surface area contributed by atoms with Gasteiger partial charge in [0.05, 0.1) is 31.9 Å². The van der Waals surface area contributed by atoms with Gasteiger partial charge in [0.1, 0.15) is 24.2 Å². The third kappa shape index (κ3) is 7.88. The number of carbonyl (C=O) groups excluding carboxylic acids is 2. The van der Waals surface area contributed by atoms with Crippen LogP contribution in [0.5, 0.6) is 17.2 Å². The summed E-state index contributed by atoms with van der Waals surface area (Å²) >= 11 is 6.26. The monoisotopic (exact) mass is 635 g/mol. The van der Waals surface area contributed by atoms with E-state index >= 15 is 0 Å². The summed E-state index contributed by atoms with van der Waals surface area (Å²) in [6.07, 6.45) is 0. The second-order valence-corrected chi connectivity index (χ2v) is 12.1. The Balaban J connectivity index is 2.16. The van der Waals surface area contributed by atoms with Gasteiger partial charge in [-0.1, -0.05) is 29.8 Å². The van der Waals surface area contributed by atoms with Crippen molar-refractivity contribution in [2.24, 2.45) is 0 Å². The molecule has 0 saturated carbocycles. The zero-order valence-electron chi connectivity index (χ0n) is 24.8. The van der Waals surface area contributed by atoms with Crippen molar-refractivity contribution in [3.63, 3.8) is 0 Å². The van der Waals surface area contributed by atoms with Crippen LogP contribution in [0.15, 0.2) is 65.6 Å². The van der Waals surface area contributed by atoms with Gasteiger partial charge in [-0.05, 0) is 57.2 Å². The number of hydrogen-bond donors (Lipinski definition) is 1. The number of ether oxygens (including phenoxy) is 3. The molecule has 10 nitrogen and oxygen atoms in total. The summed E-state index contributed by atoms with van der Waals surface area (Å²) in [5.41, 5.74) is 0.123. The Bertz CT molecular complexity index is 1570. The number of benzene rings is 3. The van der Waals surface area contributed by atoms with E-state index in [1.54, 1.807) is 19.9 Å². The van der Waals surface area contributed by atoms with E-state index in [1.807, 2.05) is 0 Å². The fourth-order valence-corrected chi connectivity index (χ4v) is 5.87. The first-order valence-corrected chi connectivity index (χ1v) is 15.1. The summed E-state index contributed by atoms with van der Waals surface area (Å²) in [7, 11) is -0.381. The first kappa shape index (κ1) is 33.5. The van der Waals surface area contributed by atoms with Gasteiger partial charge in [0.15, 0.2) is 11.5 Å². The van der Waals surface area contributed by atoms with Crippen molar-refractivity contribution in [3.05, 3.63) is 77.1 Å². The van der Waals surface area contributed by atoms with E-state index in [4.69, 9.17) is 25.8 Å². The normalized spacial score (nSPS) is 11.9. The SMILES string of the molecule is COc1ccc(S(=O)(=O)N(CC(=O)N(Cc2ccccc2F)[C@@H](C)C(=O)NC(C)C)c2cc(Cl)ccc2OC)cc1OC. The van der Waals surface area contributed by atoms with Crippen LogP contribution in [-0.2, 0) is 26.2 Å². The zero-order chi connectivity index (χ0) is 31.9. The second-order valence-electron chi connectivity index (χ2n) is 9.80. The van der Waals surface area contributed by atoms with E-state index in [1.165, 1.54) is 82.9 Å². The number of halogens is 2. The fraction of sp³-hybridized carbons (Fsp3) is 0.333. The van der Waals surface area contributed by atoms with Crippen molar-refractivity contribution >= 4 is 39.1 Å². The van der Waals surface area contributed by atoms with E-state index in [2.05, 4.69) is 5.32 Å². The molecule has 13 heteroatoms. The Morgan fingerprint density at radius 2 is 1.53 bits per heavy atom. The van der Waals surface area contributed by atoms with Crippen molar-refractivity contribution in [1.82, 2.24) is 10.2 Å². The molecule has 0 unspecified atom stereocenters. The molecule has 3 aromatic rings. The third-order valence-electron chi connectivity index (χ3n) is 6.53. The maximum absolute atomic E-state index is 14.7. The minimum absolute atomic E-state index is 0.0248. The maximum atomic E-state index is 14.7. The van der Waals surface area contributed by atoms with Crippen molar-refractivity contribution < 1.29 is 36.6 Å². The van der Waals surface area contributed by atoms with Gasteiger partial charge in [-0.3, -0.25) is 13.9 Å². The minimum Gasteiger partial charge on any atom is -0.495 e. The van der Waals surface area contributed by atoms with Crippen LogP contribution in [-0.4, -0.2) is 65.1 Å². The van der Waals surface area contributed by atoms with E-state index in [0.29, 0.717) is 5.75 Å². The number of hydrogen-bond acceptors (Lipinski definition) is 7. The van der Waals surface area contributed by atoms with Crippen LogP contribution in [0.4, 0.5) is 10.1 Å². The molecule has 0 radical (unpaired) electrons. The number of sulfonamides is 1. The molecule has 0 aliphatic carbocycles. The summed E-state index contributed by atoms with van der Waals surface area (Å²) < 4.78 is 59.9. The topological polar surface area (TPSA) is 114 Å². The Labute approximate surface area is 256 Å². The van der Waals surface area contributed by atoms with Crippen LogP contribution in [0.2, 0.25) is 5.02 Å². The van der Waals surface area contributed by atoms with E-state index in [-0.39, 0.29) is 45.3 Å². The molecular weight excluding hydrogens is 601 g/mol. The second kappa shape index (κ2) is 14.4. The fourth-order valence-electron chi connectivity index (χ4n) is 4.27. The van der Waals surface area contributed by atoms with Crippen molar-refractivity contribution in [2.75, 3.05) is 32.2 Å². The van der Waals surface area contributed by atoms with E-state index in [9.17, 15) is 22.4 Å². The highest BCUT2D eigenvalue weighted by Crippen LogP contribution is 2.37. The number of nitrogens with one attached hydrogen (secondary N) is 1. The molecule has 232 valence electrons. The molecule has 43 heavy (non-hydrogen) atoms. The lowest BCUT2D eigenvalue weighted by Gasteiger charge is -2.32. The van der Waals surface area contributed by atoms with E-state index in [0.717, 1.165) is 9.21 Å². The van der Waals surface area contributed by atoms with Crippen LogP contribution in [0, 0.1) is 5.82 Å². The summed E-state index contributed by atoms with van der Waals surface area (Å²) in [5, 5.41) is 2.93. The van der Waals surface area contributed by atoms with Crippen LogP contribution in [0.3, 0.4) is 0 Å². The smallest absolute Gasteiger partial charge is 0.265 e. The van der Waals surface area contributed by atoms with Crippen molar-refractivity contribution in [3.8, 4) is 17.2 Å². The van der Waals surface area contributed by atoms with Gasteiger partial charge in [-0.15, -0.1) is 0 Å². The van der Waals surface area contributed by atoms with Crippen LogP contribution >= 0.6 is 11.6 Å². The molecule has 0 aliphatic rings. The molecule has 0 spiro atoms. The first-order chi connectivity index (χ1) is 20.3. The number of nitrogens with zero attached hydrogens (tertiary/aromatic N) is 2. The van der Waals surface area contributed by atoms with Gasteiger partial charge >= 0.3 is 0 Å². The molecule has 1 N–H and O–H groups in total. The summed E-state index contributed by atoms with van der Waals surface area (Å²) in [4.78, 5) is 28.0. The first-order valence-electron chi connectivity index (χ1n) is 13.3. The Kier molecular flexibility index (Phi) is 11.2. The van der Waals surface area contributed by atoms with Gasteiger partial charge in [0, 0.05) is 29.2 Å². The van der Waals surface area contributed by atoms with Gasteiger partial charge in [0.25, 0.3) is 10.0 Å². The van der Waals surface area contributed by atoms with Crippen LogP contribution < -0.4 is 23.8 Å². The van der Waals surface area contributed by atoms with Crippen molar-refractivity contribution in [1.29, 1.82) is 0 Å². The number of anilines is 1. The predicted molar refractivity (Wildman–Crippen MR) is 162 cm³/mol. The highest BCUT2D eigenvalue weighted by Gasteiger charge is 2.35. The predicted octanol–water partition coefficient (Wildman–Crippen LogP) is 4.64. The van der Waals surface area contributed by atoms with Gasteiger partial charge in [0.2, 0.25) is 11.8 Å². The molecule has 3 aromatic carbocycles. The number of carbonyl (C=O) groups is 2. The number of amides is 2. The minimum atomic E-state index is -4.50. The molecule has 2 amide bonds. The molecule has 0 heterocycles. The lowest BCUT2D eigenvalue weighted by Crippen LogP contribution is -2.52. The largest absolute Gasteiger partial charge is 0.495 e. The molecule has 0 saturated heterocycles. The third-order valence-corrected chi connectivity index (χ3v) is 8.52. The molecular formula is C30H35ClFN3O7S. The quantitative estimate of drug-likeness (QED) is 0.291. The maximum Gasteiger partial charge on any atom is 0.265 e. The molecule has 0 aliphatic heterocycles. The Hall–Kier alpha value is -4.03. The van der Waals surface area contributed by atoms with Crippen LogP contribution in [0.1, 0.15) is 26.3 Å². The molecule has 0 fully saturated rings. The average molecular weight is 636 g/mol. The molecule has 1 atom stereocenters. The highest BCUT2D eigenvalue weighted by atomic mass is 35.5. The molecule has 0 bridgehead atoms. The Morgan fingerprint density at radius 3 is 2.14 bits per heavy atom. The lowest BCUT2D eigenvalue weighted by molar-refractivity contribution is -0.139. The van der Waals surface area contributed by atoms with Crippen LogP contribution in [0.25, 0.3) is 0 Å². The van der Waals surface area contributed by atoms with Gasteiger partial charge < -0.3 is 24.4 Å². The number of methoxy groups -OCH3 is 3. The average Bonchev–Trinajstić information content (AvgIpc) is 2.98. The van der Waals surface area contributed by atoms with Gasteiger partial charge in [-0.25, -0.2) is 12.8 Å². The zero-order valence-corrected chi connectivity index (χ0v) is 26.3. The van der Waals surface area contributed by atoms with Crippen molar-refractivity contribution in [2.45, 2.75) is 44.3 Å².